The molecule has 20 heavy (non-hydrogen) atoms. The molecule has 0 aliphatic heterocycles. The summed E-state index contributed by atoms with van der Waals surface area (Å²) in [4.78, 5) is 20.2. The number of aromatic nitrogens is 1. The smallest absolute Gasteiger partial charge is 0.263 e. The van der Waals surface area contributed by atoms with Crippen LogP contribution in [0.4, 0.5) is 0 Å². The van der Waals surface area contributed by atoms with Crippen LogP contribution in [-0.2, 0) is 12.0 Å². The van der Waals surface area contributed by atoms with Crippen molar-refractivity contribution in [3.8, 4) is 0 Å². The van der Waals surface area contributed by atoms with Crippen LogP contribution in [0.25, 0.3) is 0 Å². The number of carbonyl (C=O) groups excluding carboxylic acids is 1. The van der Waals surface area contributed by atoms with E-state index in [1.807, 2.05) is 25.2 Å². The zero-order valence-electron chi connectivity index (χ0n) is 12.4. The van der Waals surface area contributed by atoms with Crippen LogP contribution in [0.3, 0.4) is 0 Å². The third-order valence-electron chi connectivity index (χ3n) is 3.05. The number of thiophene rings is 1. The number of carbonyl (C=O) groups is 1. The Bertz CT molecular complexity index is 584. The number of pyridine rings is 1. The predicted molar refractivity (Wildman–Crippen MR) is 83.1 cm³/mol. The molecular formula is C16H20N2OS. The van der Waals surface area contributed by atoms with Crippen molar-refractivity contribution in [3.63, 3.8) is 0 Å². The van der Waals surface area contributed by atoms with Crippen molar-refractivity contribution in [2.75, 3.05) is 7.05 Å². The Balaban J connectivity index is 2.09. The van der Waals surface area contributed by atoms with E-state index in [-0.39, 0.29) is 11.3 Å². The minimum atomic E-state index is 0.0642. The van der Waals surface area contributed by atoms with Crippen LogP contribution in [0.15, 0.2) is 36.7 Å². The maximum Gasteiger partial charge on any atom is 0.263 e. The van der Waals surface area contributed by atoms with Gasteiger partial charge in [0.1, 0.15) is 0 Å². The lowest BCUT2D eigenvalue weighted by Crippen LogP contribution is -2.25. The van der Waals surface area contributed by atoms with Crippen LogP contribution >= 0.6 is 11.3 Å². The maximum absolute atomic E-state index is 12.4. The summed E-state index contributed by atoms with van der Waals surface area (Å²) in [6.07, 6.45) is 3.53. The Labute approximate surface area is 124 Å². The largest absolute Gasteiger partial charge is 0.337 e. The molecular weight excluding hydrogens is 268 g/mol. The van der Waals surface area contributed by atoms with E-state index in [1.165, 1.54) is 4.88 Å². The van der Waals surface area contributed by atoms with E-state index in [2.05, 4.69) is 31.8 Å². The van der Waals surface area contributed by atoms with Crippen molar-refractivity contribution in [1.29, 1.82) is 0 Å². The van der Waals surface area contributed by atoms with Crippen LogP contribution in [0.1, 0.15) is 40.9 Å². The van der Waals surface area contributed by atoms with Crippen molar-refractivity contribution < 1.29 is 4.79 Å². The van der Waals surface area contributed by atoms with E-state index in [0.717, 1.165) is 10.4 Å². The SMILES string of the molecule is CN(Cc1cccnc1)C(=O)c1ccc(C(C)(C)C)s1. The third-order valence-corrected chi connectivity index (χ3v) is 4.54. The molecule has 106 valence electrons. The molecule has 0 aliphatic rings. The maximum atomic E-state index is 12.4. The van der Waals surface area contributed by atoms with E-state index in [1.54, 1.807) is 28.6 Å². The Morgan fingerprint density at radius 3 is 2.60 bits per heavy atom. The lowest BCUT2D eigenvalue weighted by atomic mass is 9.95. The van der Waals surface area contributed by atoms with Gasteiger partial charge in [-0.2, -0.15) is 0 Å². The highest BCUT2D eigenvalue weighted by molar-refractivity contribution is 7.14. The van der Waals surface area contributed by atoms with Crippen LogP contribution < -0.4 is 0 Å². The number of nitrogens with zero attached hydrogens (tertiary/aromatic N) is 2. The van der Waals surface area contributed by atoms with Gasteiger partial charge in [0.15, 0.2) is 0 Å². The minimum absolute atomic E-state index is 0.0642. The van der Waals surface area contributed by atoms with Crippen LogP contribution in [0.2, 0.25) is 0 Å². The second-order valence-corrected chi connectivity index (χ2v) is 7.02. The first kappa shape index (κ1) is 14.7. The zero-order chi connectivity index (χ0) is 14.8. The standard InChI is InChI=1S/C16H20N2OS/c1-16(2,3)14-8-7-13(20-14)15(19)18(4)11-12-6-5-9-17-10-12/h5-10H,11H2,1-4H3. The van der Waals surface area contributed by atoms with Crippen molar-refractivity contribution >= 4 is 17.2 Å². The molecule has 2 rings (SSSR count). The van der Waals surface area contributed by atoms with Gasteiger partial charge in [0.25, 0.3) is 5.91 Å². The molecule has 3 nitrogen and oxygen atoms in total. The van der Waals surface area contributed by atoms with Gasteiger partial charge in [-0.05, 0) is 29.2 Å². The van der Waals surface area contributed by atoms with Gasteiger partial charge in [0.05, 0.1) is 4.88 Å². The fourth-order valence-corrected chi connectivity index (χ4v) is 2.94. The average Bonchev–Trinajstić information content (AvgIpc) is 2.88. The summed E-state index contributed by atoms with van der Waals surface area (Å²) in [7, 11) is 1.83. The first-order valence-corrected chi connectivity index (χ1v) is 7.44. The quantitative estimate of drug-likeness (QED) is 0.862. The lowest BCUT2D eigenvalue weighted by molar-refractivity contribution is 0.0790. The van der Waals surface area contributed by atoms with Crippen molar-refractivity contribution in [3.05, 3.63) is 52.0 Å². The number of amides is 1. The second kappa shape index (κ2) is 5.75. The molecule has 0 aliphatic carbocycles. The Morgan fingerprint density at radius 2 is 2.05 bits per heavy atom. The molecule has 1 amide bonds. The molecule has 0 saturated heterocycles. The first-order chi connectivity index (χ1) is 9.38. The second-order valence-electron chi connectivity index (χ2n) is 5.94. The summed E-state index contributed by atoms with van der Waals surface area (Å²) in [6, 6.07) is 7.84. The topological polar surface area (TPSA) is 33.2 Å². The normalized spacial score (nSPS) is 11.4. The fourth-order valence-electron chi connectivity index (χ4n) is 1.88. The molecule has 0 unspecified atom stereocenters. The van der Waals surface area contributed by atoms with E-state index in [9.17, 15) is 4.79 Å². The summed E-state index contributed by atoms with van der Waals surface area (Å²) in [5.41, 5.74) is 1.13. The molecule has 0 atom stereocenters. The van der Waals surface area contributed by atoms with Gasteiger partial charge in [-0.3, -0.25) is 9.78 Å². The summed E-state index contributed by atoms with van der Waals surface area (Å²) < 4.78 is 0. The van der Waals surface area contributed by atoms with Crippen molar-refractivity contribution in [2.24, 2.45) is 0 Å². The van der Waals surface area contributed by atoms with Gasteiger partial charge in [-0.15, -0.1) is 11.3 Å². The minimum Gasteiger partial charge on any atom is -0.337 e. The Morgan fingerprint density at radius 1 is 1.30 bits per heavy atom. The van der Waals surface area contributed by atoms with Crippen LogP contribution in [-0.4, -0.2) is 22.8 Å². The molecule has 0 spiro atoms. The molecule has 2 aromatic heterocycles. The monoisotopic (exact) mass is 288 g/mol. The molecule has 0 bridgehead atoms. The predicted octanol–water partition coefficient (Wildman–Crippen LogP) is 3.71. The van der Waals surface area contributed by atoms with E-state index >= 15 is 0 Å². The average molecular weight is 288 g/mol. The molecule has 4 heteroatoms. The molecule has 2 aromatic rings. The van der Waals surface area contributed by atoms with Gasteiger partial charge in [-0.1, -0.05) is 26.8 Å². The highest BCUT2D eigenvalue weighted by Gasteiger charge is 2.20. The van der Waals surface area contributed by atoms with Crippen molar-refractivity contribution in [1.82, 2.24) is 9.88 Å². The molecule has 0 aromatic carbocycles. The summed E-state index contributed by atoms with van der Waals surface area (Å²) >= 11 is 1.58. The Kier molecular flexibility index (Phi) is 4.23. The van der Waals surface area contributed by atoms with E-state index < -0.39 is 0 Å². The summed E-state index contributed by atoms with van der Waals surface area (Å²) in [6.45, 7) is 7.06. The summed E-state index contributed by atoms with van der Waals surface area (Å²) in [5, 5.41) is 0. The van der Waals surface area contributed by atoms with Gasteiger partial charge < -0.3 is 4.90 Å². The van der Waals surface area contributed by atoms with Gasteiger partial charge in [-0.25, -0.2) is 0 Å². The van der Waals surface area contributed by atoms with Gasteiger partial charge >= 0.3 is 0 Å². The van der Waals surface area contributed by atoms with Gasteiger partial charge in [0.2, 0.25) is 0 Å². The molecule has 0 fully saturated rings. The lowest BCUT2D eigenvalue weighted by Gasteiger charge is -2.17. The number of hydrogen-bond acceptors (Lipinski definition) is 3. The number of rotatable bonds is 3. The molecule has 2 heterocycles. The highest BCUT2D eigenvalue weighted by Crippen LogP contribution is 2.30. The van der Waals surface area contributed by atoms with Gasteiger partial charge in [0, 0.05) is 30.9 Å². The van der Waals surface area contributed by atoms with E-state index in [0.29, 0.717) is 6.54 Å². The number of hydrogen-bond donors (Lipinski definition) is 0. The fraction of sp³-hybridized carbons (Fsp3) is 0.375. The van der Waals surface area contributed by atoms with Crippen LogP contribution in [0, 0.1) is 0 Å². The molecule has 0 radical (unpaired) electrons. The van der Waals surface area contributed by atoms with Crippen molar-refractivity contribution in [2.45, 2.75) is 32.7 Å². The third kappa shape index (κ3) is 3.45. The summed E-state index contributed by atoms with van der Waals surface area (Å²) in [5.74, 6) is 0.0642. The Hall–Kier alpha value is -1.68. The van der Waals surface area contributed by atoms with E-state index in [4.69, 9.17) is 0 Å². The van der Waals surface area contributed by atoms with Crippen LogP contribution in [0.5, 0.6) is 0 Å². The first-order valence-electron chi connectivity index (χ1n) is 6.62. The molecule has 0 saturated carbocycles. The molecule has 0 N–H and O–H groups in total. The highest BCUT2D eigenvalue weighted by atomic mass is 32.1. The zero-order valence-corrected chi connectivity index (χ0v) is 13.2.